The number of urea groups is 1. The number of nitrogens with one attached hydrogen (secondary N) is 2. The van der Waals surface area contributed by atoms with Gasteiger partial charge in [0.25, 0.3) is 5.91 Å². The number of anilines is 1. The van der Waals surface area contributed by atoms with Gasteiger partial charge in [0.05, 0.1) is 19.9 Å². The van der Waals surface area contributed by atoms with Gasteiger partial charge in [0.1, 0.15) is 23.7 Å². The number of aliphatic carboxylic acids is 1. The summed E-state index contributed by atoms with van der Waals surface area (Å²) in [5, 5.41) is 13.9. The maximum absolute atomic E-state index is 12.7. The summed E-state index contributed by atoms with van der Waals surface area (Å²) in [5.74, 6) is -1.44. The Bertz CT molecular complexity index is 1140. The molecule has 12 heteroatoms. The van der Waals surface area contributed by atoms with Crippen LogP contribution in [-0.2, 0) is 14.4 Å². The predicted octanol–water partition coefficient (Wildman–Crippen LogP) is 2.90. The van der Waals surface area contributed by atoms with Crippen molar-refractivity contribution in [2.75, 3.05) is 25.6 Å². The largest absolute Gasteiger partial charge is 0.495 e. The van der Waals surface area contributed by atoms with Gasteiger partial charge in [-0.15, -0.1) is 0 Å². The van der Waals surface area contributed by atoms with E-state index in [2.05, 4.69) is 10.6 Å². The molecule has 4 amide bonds. The number of carbonyl (C=O) groups excluding carboxylic acids is 3. The third-order valence-corrected chi connectivity index (χ3v) is 5.92. The van der Waals surface area contributed by atoms with Crippen LogP contribution in [-0.4, -0.2) is 54.1 Å². The standard InChI is InChI=1S/C21H17I2N3O7/c1-32-16-5-3-2-4-14(16)24-17(27)9-26-20(30)15(25-21(26)31)8-11-6-12(22)19(13(23)7-11)33-10-18(28)29/h2-8H,9-10H2,1H3,(H,24,27)(H,25,31)(H,28,29)/b15-8+. The third kappa shape index (κ3) is 6.13. The molecule has 1 saturated heterocycles. The highest BCUT2D eigenvalue weighted by Gasteiger charge is 2.35. The molecule has 2 aromatic carbocycles. The number of carbonyl (C=O) groups is 4. The van der Waals surface area contributed by atoms with Crippen LogP contribution in [0.4, 0.5) is 10.5 Å². The van der Waals surface area contributed by atoms with E-state index in [0.29, 0.717) is 29.9 Å². The molecular formula is C21H17I2N3O7. The normalized spacial score (nSPS) is 14.3. The Labute approximate surface area is 215 Å². The van der Waals surface area contributed by atoms with E-state index in [0.717, 1.165) is 4.90 Å². The summed E-state index contributed by atoms with van der Waals surface area (Å²) in [6, 6.07) is 9.43. The molecular weight excluding hydrogens is 660 g/mol. The number of hydrogen-bond acceptors (Lipinski definition) is 6. The molecule has 172 valence electrons. The zero-order chi connectivity index (χ0) is 24.1. The van der Waals surface area contributed by atoms with Crippen molar-refractivity contribution >= 4 is 80.8 Å². The van der Waals surface area contributed by atoms with E-state index in [9.17, 15) is 19.2 Å². The second kappa shape index (κ2) is 10.8. The summed E-state index contributed by atoms with van der Waals surface area (Å²) in [4.78, 5) is 49.0. The van der Waals surface area contributed by atoms with Gasteiger partial charge in [-0.3, -0.25) is 9.59 Å². The highest BCUT2D eigenvalue weighted by molar-refractivity contribution is 14.1. The molecule has 0 spiro atoms. The van der Waals surface area contributed by atoms with E-state index in [1.54, 1.807) is 36.4 Å². The molecule has 1 aliphatic rings. The number of amides is 4. The van der Waals surface area contributed by atoms with Gasteiger partial charge in [-0.25, -0.2) is 14.5 Å². The summed E-state index contributed by atoms with van der Waals surface area (Å²) >= 11 is 3.99. The quantitative estimate of drug-likeness (QED) is 0.223. The number of carboxylic acids is 1. The lowest BCUT2D eigenvalue weighted by Gasteiger charge is -2.13. The SMILES string of the molecule is COc1ccccc1NC(=O)CN1C(=O)N/C(=C/c2cc(I)c(OCC(=O)O)c(I)c2)C1=O. The first-order valence-electron chi connectivity index (χ1n) is 9.30. The predicted molar refractivity (Wildman–Crippen MR) is 135 cm³/mol. The molecule has 0 bridgehead atoms. The van der Waals surface area contributed by atoms with E-state index in [4.69, 9.17) is 14.6 Å². The molecule has 10 nitrogen and oxygen atoms in total. The van der Waals surface area contributed by atoms with Crippen LogP contribution in [0.5, 0.6) is 11.5 Å². The lowest BCUT2D eigenvalue weighted by molar-refractivity contribution is -0.139. The van der Waals surface area contributed by atoms with Crippen LogP contribution in [0.1, 0.15) is 5.56 Å². The first-order valence-corrected chi connectivity index (χ1v) is 11.5. The molecule has 1 heterocycles. The molecule has 1 fully saturated rings. The number of ether oxygens (including phenoxy) is 2. The summed E-state index contributed by atoms with van der Waals surface area (Å²) < 4.78 is 11.7. The fourth-order valence-corrected chi connectivity index (χ4v) is 5.03. The van der Waals surface area contributed by atoms with Gasteiger partial charge >= 0.3 is 12.0 Å². The summed E-state index contributed by atoms with van der Waals surface area (Å²) in [6.45, 7) is -0.954. The average Bonchev–Trinajstić information content (AvgIpc) is 3.00. The first kappa shape index (κ1) is 24.8. The molecule has 0 unspecified atom stereocenters. The van der Waals surface area contributed by atoms with Crippen LogP contribution in [0.25, 0.3) is 6.08 Å². The van der Waals surface area contributed by atoms with Crippen LogP contribution in [0.3, 0.4) is 0 Å². The molecule has 1 aliphatic heterocycles. The van der Waals surface area contributed by atoms with Crippen molar-refractivity contribution in [2.24, 2.45) is 0 Å². The molecule has 2 aromatic rings. The highest BCUT2D eigenvalue weighted by Crippen LogP contribution is 2.30. The van der Waals surface area contributed by atoms with Gasteiger partial charge in [0.15, 0.2) is 6.61 Å². The van der Waals surface area contributed by atoms with Gasteiger partial charge < -0.3 is 25.2 Å². The minimum absolute atomic E-state index is 0.0101. The number of halogens is 2. The van der Waals surface area contributed by atoms with E-state index in [-0.39, 0.29) is 5.70 Å². The number of imide groups is 1. The maximum Gasteiger partial charge on any atom is 0.341 e. The van der Waals surface area contributed by atoms with Gasteiger partial charge in [-0.2, -0.15) is 0 Å². The number of para-hydroxylation sites is 2. The van der Waals surface area contributed by atoms with Crippen molar-refractivity contribution in [3.63, 3.8) is 0 Å². The van der Waals surface area contributed by atoms with E-state index < -0.39 is 37.0 Å². The molecule has 3 N–H and O–H groups in total. The highest BCUT2D eigenvalue weighted by atomic mass is 127. The molecule has 33 heavy (non-hydrogen) atoms. The molecule has 0 radical (unpaired) electrons. The van der Waals surface area contributed by atoms with Crippen LogP contribution in [0.2, 0.25) is 0 Å². The van der Waals surface area contributed by atoms with E-state index >= 15 is 0 Å². The zero-order valence-electron chi connectivity index (χ0n) is 17.1. The van der Waals surface area contributed by atoms with Crippen molar-refractivity contribution in [1.82, 2.24) is 10.2 Å². The fourth-order valence-electron chi connectivity index (χ4n) is 2.90. The van der Waals surface area contributed by atoms with Crippen molar-refractivity contribution in [3.05, 3.63) is 54.8 Å². The Kier molecular flexibility index (Phi) is 8.12. The molecule has 0 saturated carbocycles. The Morgan fingerprint density at radius 3 is 2.48 bits per heavy atom. The van der Waals surface area contributed by atoms with Crippen molar-refractivity contribution < 1.29 is 33.8 Å². The molecule has 0 aliphatic carbocycles. The minimum atomic E-state index is -1.10. The number of hydrogen-bond donors (Lipinski definition) is 3. The van der Waals surface area contributed by atoms with Crippen molar-refractivity contribution in [3.8, 4) is 11.5 Å². The van der Waals surface area contributed by atoms with Gasteiger partial charge in [-0.05, 0) is 81.1 Å². The lowest BCUT2D eigenvalue weighted by atomic mass is 10.2. The number of carboxylic acid groups (broad SMARTS) is 1. The van der Waals surface area contributed by atoms with Gasteiger partial charge in [-0.1, -0.05) is 12.1 Å². The Hall–Kier alpha value is -2.88. The summed E-state index contributed by atoms with van der Waals surface area (Å²) in [5.41, 5.74) is 1.02. The maximum atomic E-state index is 12.7. The Balaban J connectivity index is 1.73. The zero-order valence-corrected chi connectivity index (χ0v) is 21.4. The Morgan fingerprint density at radius 1 is 1.18 bits per heavy atom. The number of nitrogens with zero attached hydrogens (tertiary/aromatic N) is 1. The van der Waals surface area contributed by atoms with Gasteiger partial charge in [0.2, 0.25) is 5.91 Å². The summed E-state index contributed by atoms with van der Waals surface area (Å²) in [7, 11) is 1.46. The minimum Gasteiger partial charge on any atom is -0.495 e. The molecule has 0 atom stereocenters. The van der Waals surface area contributed by atoms with E-state index in [1.807, 2.05) is 45.2 Å². The van der Waals surface area contributed by atoms with Crippen LogP contribution >= 0.6 is 45.2 Å². The molecule has 3 rings (SSSR count). The monoisotopic (exact) mass is 677 g/mol. The second-order valence-corrected chi connectivity index (χ2v) is 8.95. The second-order valence-electron chi connectivity index (χ2n) is 6.62. The lowest BCUT2D eigenvalue weighted by Crippen LogP contribution is -2.38. The first-order chi connectivity index (χ1) is 15.7. The number of methoxy groups -OCH3 is 1. The smallest absolute Gasteiger partial charge is 0.341 e. The van der Waals surface area contributed by atoms with E-state index in [1.165, 1.54) is 13.2 Å². The van der Waals surface area contributed by atoms with Crippen molar-refractivity contribution in [2.45, 2.75) is 0 Å². The summed E-state index contributed by atoms with van der Waals surface area (Å²) in [6.07, 6.45) is 1.48. The van der Waals surface area contributed by atoms with Crippen LogP contribution in [0.15, 0.2) is 42.1 Å². The number of benzene rings is 2. The van der Waals surface area contributed by atoms with Crippen LogP contribution in [0, 0.1) is 7.14 Å². The van der Waals surface area contributed by atoms with Gasteiger partial charge in [0, 0.05) is 0 Å². The fraction of sp³-hybridized carbons (Fsp3) is 0.143. The van der Waals surface area contributed by atoms with Crippen molar-refractivity contribution in [1.29, 1.82) is 0 Å². The number of rotatable bonds is 8. The van der Waals surface area contributed by atoms with Crippen LogP contribution < -0.4 is 20.1 Å². The average molecular weight is 677 g/mol. The third-order valence-electron chi connectivity index (χ3n) is 4.32. The molecule has 0 aromatic heterocycles. The Morgan fingerprint density at radius 2 is 1.85 bits per heavy atom. The topological polar surface area (TPSA) is 134 Å².